The number of aliphatic hydroxyl groups excluding tert-OH is 1. The highest BCUT2D eigenvalue weighted by atomic mass is 32.2. The van der Waals surface area contributed by atoms with E-state index in [4.69, 9.17) is 14.2 Å². The maximum atomic E-state index is 12.6. The van der Waals surface area contributed by atoms with Crippen molar-refractivity contribution in [3.63, 3.8) is 0 Å². The van der Waals surface area contributed by atoms with E-state index in [1.165, 1.54) is 14.2 Å². The molecule has 37 heavy (non-hydrogen) atoms. The zero-order valence-corrected chi connectivity index (χ0v) is 23.0. The van der Waals surface area contributed by atoms with Gasteiger partial charge in [0.15, 0.2) is 11.5 Å². The molecule has 2 aromatic carbocycles. The van der Waals surface area contributed by atoms with Crippen LogP contribution in [0.15, 0.2) is 36.4 Å². The van der Waals surface area contributed by atoms with Crippen LogP contribution in [0.5, 0.6) is 17.2 Å². The van der Waals surface area contributed by atoms with Gasteiger partial charge < -0.3 is 19.3 Å². The van der Waals surface area contributed by atoms with Crippen LogP contribution in [-0.2, 0) is 10.0 Å². The van der Waals surface area contributed by atoms with Gasteiger partial charge in [-0.05, 0) is 31.2 Å². The van der Waals surface area contributed by atoms with E-state index >= 15 is 0 Å². The summed E-state index contributed by atoms with van der Waals surface area (Å²) in [5.74, 6) is 1.68. The zero-order chi connectivity index (χ0) is 26.4. The smallest absolute Gasteiger partial charge is 0.233 e. The predicted molar refractivity (Wildman–Crippen MR) is 146 cm³/mol. The van der Waals surface area contributed by atoms with Crippen molar-refractivity contribution < 1.29 is 27.7 Å². The van der Waals surface area contributed by atoms with Gasteiger partial charge in [0.05, 0.1) is 40.9 Å². The van der Waals surface area contributed by atoms with Gasteiger partial charge >= 0.3 is 0 Å². The summed E-state index contributed by atoms with van der Waals surface area (Å²) in [6.07, 6.45) is -0.620. The average Bonchev–Trinajstić information content (AvgIpc) is 3.26. The molecule has 1 aromatic heterocycles. The number of nitrogens with zero attached hydrogens (tertiary/aromatic N) is 3. The van der Waals surface area contributed by atoms with Crippen LogP contribution in [0.1, 0.15) is 5.01 Å². The number of aryl methyl sites for hydroxylation is 1. The first-order valence-electron chi connectivity index (χ1n) is 12.1. The summed E-state index contributed by atoms with van der Waals surface area (Å²) in [4.78, 5) is 8.78. The third kappa shape index (κ3) is 7.68. The van der Waals surface area contributed by atoms with Crippen LogP contribution in [0.3, 0.4) is 0 Å². The lowest BCUT2D eigenvalue weighted by atomic mass is 10.2. The largest absolute Gasteiger partial charge is 0.493 e. The molecule has 1 aliphatic heterocycles. The Balaban J connectivity index is 1.17. The molecule has 1 atom stereocenters. The van der Waals surface area contributed by atoms with Crippen molar-refractivity contribution in [1.82, 2.24) is 14.8 Å². The molecule has 1 saturated heterocycles. The molecule has 10 nitrogen and oxygen atoms in total. The summed E-state index contributed by atoms with van der Waals surface area (Å²) in [5, 5.41) is 11.5. The number of piperazine rings is 1. The van der Waals surface area contributed by atoms with Crippen LogP contribution in [-0.4, -0.2) is 100 Å². The number of ether oxygens (including phenoxy) is 3. The fourth-order valence-electron chi connectivity index (χ4n) is 4.23. The predicted octanol–water partition coefficient (Wildman–Crippen LogP) is 2.42. The minimum atomic E-state index is -3.52. The molecule has 2 N–H and O–H groups in total. The highest BCUT2D eigenvalue weighted by Gasteiger charge is 2.21. The molecule has 12 heteroatoms. The fraction of sp³-hybridized carbons (Fsp3) is 0.480. The first kappa shape index (κ1) is 27.4. The Bertz CT molecular complexity index is 1290. The van der Waals surface area contributed by atoms with Gasteiger partial charge in [-0.3, -0.25) is 14.5 Å². The van der Waals surface area contributed by atoms with Crippen LogP contribution in [0.2, 0.25) is 0 Å². The molecule has 202 valence electrons. The van der Waals surface area contributed by atoms with Gasteiger partial charge in [-0.1, -0.05) is 0 Å². The van der Waals surface area contributed by atoms with E-state index in [2.05, 4.69) is 19.5 Å². The van der Waals surface area contributed by atoms with Crippen molar-refractivity contribution in [3.05, 3.63) is 41.4 Å². The lowest BCUT2D eigenvalue weighted by molar-refractivity contribution is 0.0472. The second-order valence-corrected chi connectivity index (χ2v) is 12.0. The highest BCUT2D eigenvalue weighted by Crippen LogP contribution is 2.30. The van der Waals surface area contributed by atoms with Crippen LogP contribution in [0.4, 0.5) is 5.69 Å². The van der Waals surface area contributed by atoms with E-state index in [1.807, 2.05) is 25.1 Å². The molecule has 1 fully saturated rings. The molecule has 1 aliphatic rings. The number of aliphatic hydroxyl groups is 1. The summed E-state index contributed by atoms with van der Waals surface area (Å²) < 4.78 is 45.1. The number of hydrogen-bond donors (Lipinski definition) is 2. The van der Waals surface area contributed by atoms with Crippen molar-refractivity contribution in [2.45, 2.75) is 13.0 Å². The maximum Gasteiger partial charge on any atom is 0.233 e. The standard InChI is InChI=1S/C25H34N4O6S2/c1-18-26-22-15-21(5-7-25(22)36-18)35-17-20(30)16-29-10-8-28(9-11-29)12-13-37(31,32)27-19-4-6-23(33-2)24(14-19)34-3/h4-7,14-15,20,27,30H,8-13,16-17H2,1-3H3. The van der Waals surface area contributed by atoms with Crippen molar-refractivity contribution >= 4 is 37.3 Å². The monoisotopic (exact) mass is 550 g/mol. The molecule has 0 aliphatic carbocycles. The average molecular weight is 551 g/mol. The molecule has 2 heterocycles. The van der Waals surface area contributed by atoms with E-state index < -0.39 is 16.1 Å². The van der Waals surface area contributed by atoms with Crippen LogP contribution >= 0.6 is 11.3 Å². The Kier molecular flexibility index (Phi) is 9.08. The number of β-amino-alcohol motifs (C(OH)–C–C–N with tert-alkyl or cyclic N) is 1. The quantitative estimate of drug-likeness (QED) is 0.351. The molecule has 0 saturated carbocycles. The van der Waals surface area contributed by atoms with Crippen molar-refractivity contribution in [3.8, 4) is 17.2 Å². The fourth-order valence-corrected chi connectivity index (χ4v) is 6.12. The molecular formula is C25H34N4O6S2. The van der Waals surface area contributed by atoms with Gasteiger partial charge in [0, 0.05) is 51.4 Å². The summed E-state index contributed by atoms with van der Waals surface area (Å²) in [6, 6.07) is 10.7. The molecule has 4 rings (SSSR count). The lowest BCUT2D eigenvalue weighted by Crippen LogP contribution is -2.50. The first-order chi connectivity index (χ1) is 17.7. The number of thiazole rings is 1. The third-order valence-corrected chi connectivity index (χ3v) is 8.39. The van der Waals surface area contributed by atoms with Gasteiger partial charge in [-0.15, -0.1) is 11.3 Å². The number of fused-ring (bicyclic) bond motifs is 1. The minimum absolute atomic E-state index is 0.0132. The summed E-state index contributed by atoms with van der Waals surface area (Å²) in [5.41, 5.74) is 1.34. The molecule has 0 radical (unpaired) electrons. The first-order valence-corrected chi connectivity index (χ1v) is 14.6. The van der Waals surface area contributed by atoms with Crippen LogP contribution in [0, 0.1) is 6.92 Å². The van der Waals surface area contributed by atoms with Crippen molar-refractivity contribution in [1.29, 1.82) is 0 Å². The topological polar surface area (TPSA) is 113 Å². The van der Waals surface area contributed by atoms with Gasteiger partial charge in [0.1, 0.15) is 18.5 Å². The Morgan fingerprint density at radius 1 is 1.05 bits per heavy atom. The third-order valence-electron chi connectivity index (χ3n) is 6.18. The van der Waals surface area contributed by atoms with Gasteiger partial charge in [0.2, 0.25) is 10.0 Å². The Morgan fingerprint density at radius 2 is 1.78 bits per heavy atom. The van der Waals surface area contributed by atoms with E-state index in [9.17, 15) is 13.5 Å². The molecule has 3 aromatic rings. The number of rotatable bonds is 12. The SMILES string of the molecule is COc1ccc(NS(=O)(=O)CCN2CCN(CC(O)COc3ccc4sc(C)nc4c3)CC2)cc1OC. The van der Waals surface area contributed by atoms with Crippen LogP contribution in [0.25, 0.3) is 10.2 Å². The summed E-state index contributed by atoms with van der Waals surface area (Å²) in [6.45, 7) is 6.10. The molecule has 0 spiro atoms. The van der Waals surface area contributed by atoms with Crippen molar-refractivity contribution in [2.24, 2.45) is 0 Å². The van der Waals surface area contributed by atoms with E-state index in [0.29, 0.717) is 36.0 Å². The van der Waals surface area contributed by atoms with E-state index in [-0.39, 0.29) is 12.4 Å². The van der Waals surface area contributed by atoms with E-state index in [1.54, 1.807) is 29.5 Å². The Hall–Kier alpha value is -2.64. The number of aromatic nitrogens is 1. The summed E-state index contributed by atoms with van der Waals surface area (Å²) in [7, 11) is -0.485. The highest BCUT2D eigenvalue weighted by molar-refractivity contribution is 7.92. The Morgan fingerprint density at radius 3 is 2.51 bits per heavy atom. The summed E-state index contributed by atoms with van der Waals surface area (Å²) >= 11 is 1.64. The molecule has 0 amide bonds. The molecular weight excluding hydrogens is 516 g/mol. The molecule has 0 bridgehead atoms. The van der Waals surface area contributed by atoms with Gasteiger partial charge in [-0.25, -0.2) is 13.4 Å². The van der Waals surface area contributed by atoms with Crippen molar-refractivity contribution in [2.75, 3.05) is 70.6 Å². The minimum Gasteiger partial charge on any atom is -0.493 e. The Labute approximate surface area is 221 Å². The molecule has 1 unspecified atom stereocenters. The number of benzene rings is 2. The number of anilines is 1. The lowest BCUT2D eigenvalue weighted by Gasteiger charge is -2.35. The number of methoxy groups -OCH3 is 2. The maximum absolute atomic E-state index is 12.6. The van der Waals surface area contributed by atoms with E-state index in [0.717, 1.165) is 41.4 Å². The number of nitrogens with one attached hydrogen (secondary N) is 1. The van der Waals surface area contributed by atoms with Gasteiger partial charge in [0.25, 0.3) is 0 Å². The second-order valence-electron chi connectivity index (χ2n) is 8.96. The zero-order valence-electron chi connectivity index (χ0n) is 21.3. The number of sulfonamides is 1. The van der Waals surface area contributed by atoms with Crippen LogP contribution < -0.4 is 18.9 Å². The number of hydrogen-bond acceptors (Lipinski definition) is 10. The van der Waals surface area contributed by atoms with Gasteiger partial charge in [-0.2, -0.15) is 0 Å². The second kappa shape index (κ2) is 12.3. The normalized spacial score (nSPS) is 16.0.